The van der Waals surface area contributed by atoms with Crippen LogP contribution in [0.3, 0.4) is 0 Å². The molecule has 0 N–H and O–H groups in total. The first-order valence-electron chi connectivity index (χ1n) is 6.80. The van der Waals surface area contributed by atoms with Crippen LogP contribution in [0, 0.1) is 0 Å². The van der Waals surface area contributed by atoms with Crippen LogP contribution in [0.5, 0.6) is 0 Å². The monoisotopic (exact) mass is 375 g/mol. The minimum absolute atomic E-state index is 0.0578. The number of esters is 1. The minimum Gasteiger partial charge on any atom is -0.453 e. The van der Waals surface area contributed by atoms with E-state index < -0.39 is 5.97 Å². The standard InChI is InChI=1S/C15H9N3O3S3/c19-15(11-8-24-14(16-11)10-2-4-23-7-10)20-5-12-17-13(21-18-12)9-1-3-22-6-9/h1-4,6-8H,5H2. The van der Waals surface area contributed by atoms with E-state index in [0.29, 0.717) is 11.7 Å². The molecule has 4 aromatic heterocycles. The number of carbonyl (C=O) groups excluding carboxylic acids is 1. The fourth-order valence-electron chi connectivity index (χ4n) is 1.91. The van der Waals surface area contributed by atoms with Crippen LogP contribution in [0.2, 0.25) is 0 Å². The Balaban J connectivity index is 1.40. The molecule has 4 aromatic rings. The van der Waals surface area contributed by atoms with Gasteiger partial charge in [0.1, 0.15) is 5.01 Å². The lowest BCUT2D eigenvalue weighted by Gasteiger charge is -1.98. The van der Waals surface area contributed by atoms with Gasteiger partial charge >= 0.3 is 5.97 Å². The highest BCUT2D eigenvalue weighted by Gasteiger charge is 2.16. The zero-order valence-electron chi connectivity index (χ0n) is 12.0. The van der Waals surface area contributed by atoms with Crippen LogP contribution in [-0.2, 0) is 11.3 Å². The van der Waals surface area contributed by atoms with Gasteiger partial charge in [0.25, 0.3) is 5.89 Å². The van der Waals surface area contributed by atoms with Gasteiger partial charge in [-0.2, -0.15) is 27.7 Å². The number of ether oxygens (including phenoxy) is 1. The highest BCUT2D eigenvalue weighted by molar-refractivity contribution is 7.14. The molecular weight excluding hydrogens is 366 g/mol. The third-order valence-corrected chi connectivity index (χ3v) is 5.31. The third kappa shape index (κ3) is 3.14. The molecule has 0 aliphatic rings. The zero-order valence-corrected chi connectivity index (χ0v) is 14.5. The number of thiazole rings is 1. The van der Waals surface area contributed by atoms with Gasteiger partial charge in [-0.25, -0.2) is 9.78 Å². The van der Waals surface area contributed by atoms with Crippen LogP contribution < -0.4 is 0 Å². The lowest BCUT2D eigenvalue weighted by atomic mass is 10.3. The Hall–Kier alpha value is -2.36. The highest BCUT2D eigenvalue weighted by atomic mass is 32.1. The molecule has 120 valence electrons. The van der Waals surface area contributed by atoms with Gasteiger partial charge in [0.2, 0.25) is 5.82 Å². The number of thiophene rings is 2. The van der Waals surface area contributed by atoms with Crippen molar-refractivity contribution < 1.29 is 14.1 Å². The van der Waals surface area contributed by atoms with Gasteiger partial charge in [-0.3, -0.25) is 0 Å². The summed E-state index contributed by atoms with van der Waals surface area (Å²) in [6.45, 7) is -0.0578. The molecule has 0 bridgehead atoms. The lowest BCUT2D eigenvalue weighted by Crippen LogP contribution is -2.06. The molecule has 4 heterocycles. The first kappa shape index (κ1) is 15.2. The predicted octanol–water partition coefficient (Wildman–Crippen LogP) is 4.34. The van der Waals surface area contributed by atoms with E-state index >= 15 is 0 Å². The molecule has 0 amide bonds. The molecule has 0 fully saturated rings. The van der Waals surface area contributed by atoms with Crippen molar-refractivity contribution in [3.8, 4) is 22.0 Å². The van der Waals surface area contributed by atoms with Gasteiger partial charge in [-0.05, 0) is 22.9 Å². The number of rotatable bonds is 5. The van der Waals surface area contributed by atoms with Crippen LogP contribution in [0.1, 0.15) is 16.3 Å². The van der Waals surface area contributed by atoms with Crippen LogP contribution in [0.4, 0.5) is 0 Å². The topological polar surface area (TPSA) is 78.1 Å². The summed E-state index contributed by atoms with van der Waals surface area (Å²) >= 11 is 4.53. The van der Waals surface area contributed by atoms with Crippen molar-refractivity contribution in [1.29, 1.82) is 0 Å². The van der Waals surface area contributed by atoms with Crippen LogP contribution in [0.25, 0.3) is 22.0 Å². The second-order valence-corrected chi connectivity index (χ2v) is 7.07. The minimum atomic E-state index is -0.505. The molecule has 0 saturated heterocycles. The van der Waals surface area contributed by atoms with Crippen molar-refractivity contribution in [2.45, 2.75) is 6.61 Å². The Labute approximate surface area is 148 Å². The van der Waals surface area contributed by atoms with Crippen molar-refractivity contribution in [3.63, 3.8) is 0 Å². The molecule has 24 heavy (non-hydrogen) atoms. The van der Waals surface area contributed by atoms with Gasteiger partial charge < -0.3 is 9.26 Å². The number of hydrogen-bond donors (Lipinski definition) is 0. The summed E-state index contributed by atoms with van der Waals surface area (Å²) in [5.41, 5.74) is 2.13. The Kier molecular flexibility index (Phi) is 4.20. The fourth-order valence-corrected chi connectivity index (χ4v) is 4.04. The van der Waals surface area contributed by atoms with Crippen molar-refractivity contribution in [3.05, 3.63) is 50.6 Å². The van der Waals surface area contributed by atoms with Crippen LogP contribution in [0.15, 0.2) is 43.6 Å². The van der Waals surface area contributed by atoms with Crippen molar-refractivity contribution in [2.75, 3.05) is 0 Å². The molecule has 4 rings (SSSR count). The summed E-state index contributed by atoms with van der Waals surface area (Å²) in [6.07, 6.45) is 0. The maximum Gasteiger partial charge on any atom is 0.358 e. The molecule has 0 aliphatic heterocycles. The number of hydrogen-bond acceptors (Lipinski definition) is 9. The van der Waals surface area contributed by atoms with Crippen molar-refractivity contribution in [2.24, 2.45) is 0 Å². The average molecular weight is 375 g/mol. The molecule has 0 saturated carbocycles. The number of aromatic nitrogens is 3. The van der Waals surface area contributed by atoms with Gasteiger partial charge in [0, 0.05) is 21.7 Å². The molecule has 9 heteroatoms. The van der Waals surface area contributed by atoms with E-state index in [2.05, 4.69) is 15.1 Å². The Bertz CT molecular complexity index is 942. The molecule has 6 nitrogen and oxygen atoms in total. The second kappa shape index (κ2) is 6.63. The average Bonchev–Trinajstić information content (AvgIpc) is 3.40. The first-order chi connectivity index (χ1) is 11.8. The summed E-state index contributed by atoms with van der Waals surface area (Å²) in [5.74, 6) is 0.225. The normalized spacial score (nSPS) is 10.8. The summed E-state index contributed by atoms with van der Waals surface area (Å²) in [5, 5.41) is 14.1. The van der Waals surface area contributed by atoms with E-state index in [1.807, 2.05) is 33.7 Å². The smallest absolute Gasteiger partial charge is 0.358 e. The summed E-state index contributed by atoms with van der Waals surface area (Å²) in [4.78, 5) is 20.6. The maximum absolute atomic E-state index is 12.1. The summed E-state index contributed by atoms with van der Waals surface area (Å²) < 4.78 is 10.3. The van der Waals surface area contributed by atoms with E-state index in [9.17, 15) is 4.79 Å². The van der Waals surface area contributed by atoms with Crippen LogP contribution in [-0.4, -0.2) is 21.1 Å². The molecule has 0 aromatic carbocycles. The highest BCUT2D eigenvalue weighted by Crippen LogP contribution is 2.26. The van der Waals surface area contributed by atoms with Crippen molar-refractivity contribution in [1.82, 2.24) is 15.1 Å². The SMILES string of the molecule is O=C(OCc1noc(-c2ccsc2)n1)c1csc(-c2ccsc2)n1. The first-order valence-corrected chi connectivity index (χ1v) is 9.56. The second-order valence-electron chi connectivity index (χ2n) is 4.65. The maximum atomic E-state index is 12.1. The molecule has 0 aliphatic carbocycles. The Morgan fingerprint density at radius 2 is 1.88 bits per heavy atom. The largest absolute Gasteiger partial charge is 0.453 e. The number of carbonyl (C=O) groups is 1. The van der Waals surface area contributed by atoms with E-state index in [4.69, 9.17) is 9.26 Å². The lowest BCUT2D eigenvalue weighted by molar-refractivity contribution is 0.0454. The molecule has 0 unspecified atom stereocenters. The molecule has 0 atom stereocenters. The van der Waals surface area contributed by atoms with Gasteiger partial charge in [-0.1, -0.05) is 5.16 Å². The van der Waals surface area contributed by atoms with Gasteiger partial charge in [0.15, 0.2) is 12.3 Å². The predicted molar refractivity (Wildman–Crippen MR) is 92.2 cm³/mol. The Morgan fingerprint density at radius 3 is 2.62 bits per heavy atom. The van der Waals surface area contributed by atoms with E-state index in [-0.39, 0.29) is 12.3 Å². The van der Waals surface area contributed by atoms with Crippen LogP contribution >= 0.6 is 34.0 Å². The molecule has 0 spiro atoms. The zero-order chi connectivity index (χ0) is 16.4. The quantitative estimate of drug-likeness (QED) is 0.483. The summed E-state index contributed by atoms with van der Waals surface area (Å²) in [6, 6.07) is 3.85. The van der Waals surface area contributed by atoms with E-state index in [1.165, 1.54) is 11.3 Å². The molecule has 0 radical (unpaired) electrons. The third-order valence-electron chi connectivity index (χ3n) is 3.05. The molecular formula is C15H9N3O3S3. The number of nitrogens with zero attached hydrogens (tertiary/aromatic N) is 3. The Morgan fingerprint density at radius 1 is 1.08 bits per heavy atom. The van der Waals surface area contributed by atoms with E-state index in [0.717, 1.165) is 16.1 Å². The van der Waals surface area contributed by atoms with Gasteiger partial charge in [-0.15, -0.1) is 11.3 Å². The van der Waals surface area contributed by atoms with Gasteiger partial charge in [0.05, 0.1) is 5.56 Å². The van der Waals surface area contributed by atoms with Crippen molar-refractivity contribution >= 4 is 40.0 Å². The fraction of sp³-hybridized carbons (Fsp3) is 0.0667. The summed E-state index contributed by atoms with van der Waals surface area (Å²) in [7, 11) is 0. The van der Waals surface area contributed by atoms with E-state index in [1.54, 1.807) is 28.1 Å².